The van der Waals surface area contributed by atoms with Crippen LogP contribution in [0.5, 0.6) is 0 Å². The molecule has 0 saturated heterocycles. The molecule has 0 saturated carbocycles. The molecule has 0 rings (SSSR count). The van der Waals surface area contributed by atoms with Gasteiger partial charge in [-0.15, -0.1) is 0 Å². The van der Waals surface area contributed by atoms with Gasteiger partial charge in [-0.05, 0) is 20.3 Å². The Hall–Kier alpha value is -1.18. The van der Waals surface area contributed by atoms with Gasteiger partial charge in [0.2, 0.25) is 11.8 Å². The van der Waals surface area contributed by atoms with Crippen LogP contribution in [0.4, 0.5) is 0 Å². The third kappa shape index (κ3) is 17.3. The molecule has 0 bridgehead atoms. The average Bonchev–Trinajstić information content (AvgIpc) is 2.71. The molecule has 0 radical (unpaired) electrons. The number of hydrogen-bond acceptors (Lipinski definition) is 5. The summed E-state index contributed by atoms with van der Waals surface area (Å²) in [6.07, 6.45) is 1.37. The zero-order valence-corrected chi connectivity index (χ0v) is 24.4. The SMILES string of the molecule is CC.CCCC(=O)NCC(C)(C)COCC(C)(C)C(=O)NCC(C)(C)COCC(C)(C)COC. The molecule has 0 aliphatic heterocycles. The Labute approximate surface area is 210 Å². The highest BCUT2D eigenvalue weighted by molar-refractivity contribution is 5.82. The van der Waals surface area contributed by atoms with Crippen molar-refractivity contribution in [1.29, 1.82) is 0 Å². The Balaban J connectivity index is 0. The van der Waals surface area contributed by atoms with E-state index in [1.165, 1.54) is 0 Å². The van der Waals surface area contributed by atoms with Crippen molar-refractivity contribution in [3.63, 3.8) is 0 Å². The molecule has 0 aromatic rings. The van der Waals surface area contributed by atoms with Gasteiger partial charge in [-0.2, -0.15) is 0 Å². The molecule has 0 unspecified atom stereocenters. The van der Waals surface area contributed by atoms with Crippen LogP contribution in [0.15, 0.2) is 0 Å². The van der Waals surface area contributed by atoms with Crippen molar-refractivity contribution in [2.24, 2.45) is 21.7 Å². The highest BCUT2D eigenvalue weighted by Crippen LogP contribution is 2.22. The van der Waals surface area contributed by atoms with Gasteiger partial charge in [0, 0.05) is 42.9 Å². The minimum atomic E-state index is -0.654. The number of nitrogens with one attached hydrogen (secondary N) is 2. The number of rotatable bonds is 17. The predicted octanol–water partition coefficient (Wildman–Crippen LogP) is 4.83. The lowest BCUT2D eigenvalue weighted by molar-refractivity contribution is -0.134. The Bertz CT molecular complexity index is 571. The molecule has 0 aromatic carbocycles. The van der Waals surface area contributed by atoms with Crippen LogP contribution >= 0.6 is 0 Å². The lowest BCUT2D eigenvalue weighted by Gasteiger charge is -2.31. The van der Waals surface area contributed by atoms with Gasteiger partial charge in [-0.3, -0.25) is 9.59 Å². The molecule has 7 heteroatoms. The van der Waals surface area contributed by atoms with Crippen LogP contribution in [-0.4, -0.2) is 65.0 Å². The van der Waals surface area contributed by atoms with Crippen molar-refractivity contribution in [2.45, 2.75) is 89.0 Å². The molecule has 34 heavy (non-hydrogen) atoms. The first kappa shape index (κ1) is 35.0. The minimum Gasteiger partial charge on any atom is -0.384 e. The monoisotopic (exact) mass is 488 g/mol. The lowest BCUT2D eigenvalue weighted by atomic mass is 9.90. The van der Waals surface area contributed by atoms with Crippen molar-refractivity contribution in [3.05, 3.63) is 0 Å². The summed E-state index contributed by atoms with van der Waals surface area (Å²) in [4.78, 5) is 24.5. The fourth-order valence-electron chi connectivity index (χ4n) is 3.00. The highest BCUT2D eigenvalue weighted by atomic mass is 16.5. The van der Waals surface area contributed by atoms with E-state index in [9.17, 15) is 9.59 Å². The van der Waals surface area contributed by atoms with Crippen molar-refractivity contribution in [3.8, 4) is 0 Å². The van der Waals surface area contributed by atoms with Crippen LogP contribution < -0.4 is 10.6 Å². The van der Waals surface area contributed by atoms with Gasteiger partial charge in [-0.1, -0.05) is 62.3 Å². The van der Waals surface area contributed by atoms with Crippen LogP contribution in [0.3, 0.4) is 0 Å². The summed E-state index contributed by atoms with van der Waals surface area (Å²) in [6.45, 7) is 25.9. The topological polar surface area (TPSA) is 85.9 Å². The third-order valence-electron chi connectivity index (χ3n) is 5.06. The van der Waals surface area contributed by atoms with Crippen LogP contribution in [-0.2, 0) is 23.8 Å². The van der Waals surface area contributed by atoms with E-state index in [0.717, 1.165) is 6.42 Å². The summed E-state index contributed by atoms with van der Waals surface area (Å²) in [5.74, 6) is 0.0217. The molecule has 0 atom stereocenters. The van der Waals surface area contributed by atoms with Crippen LogP contribution in [0.25, 0.3) is 0 Å². The standard InChI is InChI=1S/C25H50N2O5.C2H6/c1-11-12-20(28)26-13-22(2,3)17-32-19-25(8,9)21(29)27-14-23(4,5)16-31-18-24(6,7)15-30-10;1-2/h11-19H2,1-10H3,(H,26,28)(H,27,29);1-2H3. The minimum absolute atomic E-state index is 0.0417. The van der Waals surface area contributed by atoms with Gasteiger partial charge in [0.05, 0.1) is 38.4 Å². The Morgan fingerprint density at radius 2 is 1.12 bits per heavy atom. The van der Waals surface area contributed by atoms with E-state index in [4.69, 9.17) is 14.2 Å². The van der Waals surface area contributed by atoms with Crippen molar-refractivity contribution in [1.82, 2.24) is 10.6 Å². The molecule has 0 spiro atoms. The van der Waals surface area contributed by atoms with Crippen molar-refractivity contribution in [2.75, 3.05) is 53.2 Å². The van der Waals surface area contributed by atoms with Gasteiger partial charge in [0.1, 0.15) is 0 Å². The Kier molecular flexibility index (Phi) is 17.0. The molecule has 2 N–H and O–H groups in total. The summed E-state index contributed by atoms with van der Waals surface area (Å²) < 4.78 is 17.0. The second kappa shape index (κ2) is 16.5. The Morgan fingerprint density at radius 1 is 0.676 bits per heavy atom. The molecule has 2 amide bonds. The van der Waals surface area contributed by atoms with Gasteiger partial charge >= 0.3 is 0 Å². The first-order valence-electron chi connectivity index (χ1n) is 12.8. The fourth-order valence-corrected chi connectivity index (χ4v) is 3.00. The van der Waals surface area contributed by atoms with E-state index in [2.05, 4.69) is 38.3 Å². The fraction of sp³-hybridized carbons (Fsp3) is 0.926. The summed E-state index contributed by atoms with van der Waals surface area (Å²) in [7, 11) is 1.69. The molecular weight excluding hydrogens is 432 g/mol. The van der Waals surface area contributed by atoms with Crippen molar-refractivity contribution < 1.29 is 23.8 Å². The summed E-state index contributed by atoms with van der Waals surface area (Å²) in [6, 6.07) is 0. The number of hydrogen-bond donors (Lipinski definition) is 2. The van der Waals surface area contributed by atoms with Crippen LogP contribution in [0, 0.1) is 21.7 Å². The van der Waals surface area contributed by atoms with Gasteiger partial charge < -0.3 is 24.8 Å². The molecule has 7 nitrogen and oxygen atoms in total. The van der Waals surface area contributed by atoms with Gasteiger partial charge in [0.15, 0.2) is 0 Å². The maximum absolute atomic E-state index is 12.8. The van der Waals surface area contributed by atoms with Gasteiger partial charge in [0.25, 0.3) is 0 Å². The predicted molar refractivity (Wildman–Crippen MR) is 141 cm³/mol. The Morgan fingerprint density at radius 3 is 1.59 bits per heavy atom. The van der Waals surface area contributed by atoms with Gasteiger partial charge in [-0.25, -0.2) is 0 Å². The number of carbonyl (C=O) groups is 2. The van der Waals surface area contributed by atoms with E-state index < -0.39 is 5.41 Å². The third-order valence-corrected chi connectivity index (χ3v) is 5.06. The second-order valence-corrected chi connectivity index (χ2v) is 12.0. The number of ether oxygens (including phenoxy) is 3. The second-order valence-electron chi connectivity index (χ2n) is 12.0. The largest absolute Gasteiger partial charge is 0.384 e. The number of methoxy groups -OCH3 is 1. The molecule has 0 aliphatic rings. The maximum atomic E-state index is 12.8. The quantitative estimate of drug-likeness (QED) is 0.306. The summed E-state index contributed by atoms with van der Waals surface area (Å²) in [5, 5.41) is 6.00. The molecule has 204 valence electrons. The molecule has 0 aliphatic carbocycles. The zero-order chi connectivity index (χ0) is 27.1. The van der Waals surface area contributed by atoms with Crippen LogP contribution in [0.2, 0.25) is 0 Å². The zero-order valence-electron chi connectivity index (χ0n) is 24.4. The summed E-state index contributed by atoms with van der Waals surface area (Å²) in [5.41, 5.74) is -1.08. The van der Waals surface area contributed by atoms with E-state index in [-0.39, 0.29) is 28.1 Å². The first-order valence-corrected chi connectivity index (χ1v) is 12.8. The molecular formula is C27H56N2O5. The lowest BCUT2D eigenvalue weighted by Crippen LogP contribution is -2.45. The van der Waals surface area contributed by atoms with Crippen LogP contribution in [0.1, 0.15) is 89.0 Å². The smallest absolute Gasteiger partial charge is 0.228 e. The van der Waals surface area contributed by atoms with E-state index in [1.54, 1.807) is 7.11 Å². The molecule has 0 aromatic heterocycles. The van der Waals surface area contributed by atoms with Crippen molar-refractivity contribution >= 4 is 11.8 Å². The molecule has 0 fully saturated rings. The highest BCUT2D eigenvalue weighted by Gasteiger charge is 2.31. The molecule has 0 heterocycles. The number of amides is 2. The van der Waals surface area contributed by atoms with E-state index >= 15 is 0 Å². The van der Waals surface area contributed by atoms with E-state index in [1.807, 2.05) is 48.5 Å². The number of carbonyl (C=O) groups excluding carboxylic acids is 2. The normalized spacial score (nSPS) is 12.6. The maximum Gasteiger partial charge on any atom is 0.228 e. The van der Waals surface area contributed by atoms with E-state index in [0.29, 0.717) is 52.5 Å². The summed E-state index contributed by atoms with van der Waals surface area (Å²) >= 11 is 0. The first-order chi connectivity index (χ1) is 15.6. The average molecular weight is 489 g/mol.